The number of anilines is 1. The van der Waals surface area contributed by atoms with E-state index < -0.39 is 33.8 Å². The first-order chi connectivity index (χ1) is 17.9. The topological polar surface area (TPSA) is 138 Å². The maximum Gasteiger partial charge on any atom is 0.326 e. The fraction of sp³-hybridized carbons (Fsp3) is 0.0833. The molecular weight excluding hydrogens is 626 g/mol. The van der Waals surface area contributed by atoms with Gasteiger partial charge in [0.05, 0.1) is 41.7 Å². The number of nitrogens with zero attached hydrogens (tertiary/aromatic N) is 2. The molecule has 0 fully saturated rings. The zero-order valence-electron chi connectivity index (χ0n) is 19.0. The molecule has 38 heavy (non-hydrogen) atoms. The van der Waals surface area contributed by atoms with Crippen LogP contribution in [0.1, 0.15) is 15.9 Å². The molecule has 0 saturated carbocycles. The number of carbonyl (C=O) groups excluding carboxylic acids is 1. The van der Waals surface area contributed by atoms with Crippen molar-refractivity contribution in [2.24, 2.45) is 0 Å². The SMILES string of the molecule is O=C(NC(Cc1ccc(F)c(Br)c1)C(=O)O)c1cc(Cl)c(Cl)cc1NS(=O)(=O)c1ccc2nccnc2c1. The Morgan fingerprint density at radius 3 is 2.37 bits per heavy atom. The highest BCUT2D eigenvalue weighted by atomic mass is 79.9. The average molecular weight is 642 g/mol. The van der Waals surface area contributed by atoms with Crippen LogP contribution in [0.3, 0.4) is 0 Å². The largest absolute Gasteiger partial charge is 0.480 e. The van der Waals surface area contributed by atoms with Gasteiger partial charge in [-0.05, 0) is 64.0 Å². The number of fused-ring (bicyclic) bond motifs is 1. The van der Waals surface area contributed by atoms with Crippen LogP contribution in [0.25, 0.3) is 11.0 Å². The molecule has 1 heterocycles. The van der Waals surface area contributed by atoms with Gasteiger partial charge in [-0.15, -0.1) is 0 Å². The average Bonchev–Trinajstić information content (AvgIpc) is 2.87. The molecule has 14 heteroatoms. The lowest BCUT2D eigenvalue weighted by atomic mass is 10.0. The van der Waals surface area contributed by atoms with Gasteiger partial charge < -0.3 is 10.4 Å². The van der Waals surface area contributed by atoms with Gasteiger partial charge in [0.1, 0.15) is 11.9 Å². The number of aromatic nitrogens is 2. The molecule has 1 atom stereocenters. The molecule has 0 saturated heterocycles. The highest BCUT2D eigenvalue weighted by Crippen LogP contribution is 2.31. The lowest BCUT2D eigenvalue weighted by molar-refractivity contribution is -0.139. The summed E-state index contributed by atoms with van der Waals surface area (Å²) in [6, 6.07) is 8.87. The van der Waals surface area contributed by atoms with Crippen molar-refractivity contribution in [3.8, 4) is 0 Å². The first-order valence-corrected chi connectivity index (χ1v) is 13.7. The second-order valence-electron chi connectivity index (χ2n) is 7.94. The molecule has 0 aliphatic carbocycles. The van der Waals surface area contributed by atoms with Gasteiger partial charge in [-0.3, -0.25) is 19.5 Å². The number of halogens is 4. The maximum atomic E-state index is 13.6. The van der Waals surface area contributed by atoms with Gasteiger partial charge in [0.2, 0.25) is 0 Å². The third kappa shape index (κ3) is 6.21. The molecule has 0 spiro atoms. The number of carboxylic acid groups (broad SMARTS) is 1. The third-order valence-electron chi connectivity index (χ3n) is 5.33. The molecule has 0 aliphatic heterocycles. The Labute approximate surface area is 234 Å². The molecule has 4 rings (SSSR count). The Hall–Kier alpha value is -3.32. The predicted octanol–water partition coefficient (Wildman–Crippen LogP) is 5.06. The van der Waals surface area contributed by atoms with Crippen LogP contribution in [0, 0.1) is 5.82 Å². The molecule has 1 unspecified atom stereocenters. The zero-order chi connectivity index (χ0) is 27.6. The van der Waals surface area contributed by atoms with Crippen molar-refractivity contribution in [3.05, 3.63) is 92.4 Å². The van der Waals surface area contributed by atoms with Crippen LogP contribution >= 0.6 is 39.1 Å². The van der Waals surface area contributed by atoms with Crippen molar-refractivity contribution in [1.82, 2.24) is 15.3 Å². The van der Waals surface area contributed by atoms with Gasteiger partial charge in [-0.25, -0.2) is 17.6 Å². The summed E-state index contributed by atoms with van der Waals surface area (Å²) in [6.45, 7) is 0. The normalized spacial score (nSPS) is 12.2. The van der Waals surface area contributed by atoms with Crippen molar-refractivity contribution in [2.45, 2.75) is 17.4 Å². The number of amides is 1. The summed E-state index contributed by atoms with van der Waals surface area (Å²) in [6.07, 6.45) is 2.70. The quantitative estimate of drug-likeness (QED) is 0.244. The van der Waals surface area contributed by atoms with Crippen molar-refractivity contribution in [3.63, 3.8) is 0 Å². The van der Waals surface area contributed by atoms with Crippen LogP contribution in [-0.2, 0) is 21.2 Å². The Balaban J connectivity index is 1.64. The van der Waals surface area contributed by atoms with E-state index in [2.05, 4.69) is 35.9 Å². The molecule has 3 N–H and O–H groups in total. The maximum absolute atomic E-state index is 13.6. The summed E-state index contributed by atoms with van der Waals surface area (Å²) < 4.78 is 42.3. The number of aliphatic carboxylic acids is 1. The fourth-order valence-electron chi connectivity index (χ4n) is 3.47. The number of sulfonamides is 1. The van der Waals surface area contributed by atoms with Gasteiger partial charge >= 0.3 is 5.97 Å². The molecular formula is C24H16BrCl2FN4O5S. The predicted molar refractivity (Wildman–Crippen MR) is 144 cm³/mol. The monoisotopic (exact) mass is 640 g/mol. The van der Waals surface area contributed by atoms with Crippen LogP contribution in [0.15, 0.2) is 70.3 Å². The zero-order valence-corrected chi connectivity index (χ0v) is 22.9. The Morgan fingerprint density at radius 1 is 1.00 bits per heavy atom. The summed E-state index contributed by atoms with van der Waals surface area (Å²) in [4.78, 5) is 33.1. The van der Waals surface area contributed by atoms with Gasteiger partial charge in [-0.2, -0.15) is 0 Å². The Morgan fingerprint density at radius 2 is 1.68 bits per heavy atom. The number of hydrogen-bond acceptors (Lipinski definition) is 6. The van der Waals surface area contributed by atoms with Crippen molar-refractivity contribution >= 4 is 77.8 Å². The number of carboxylic acids is 1. The lowest BCUT2D eigenvalue weighted by Crippen LogP contribution is -2.42. The standard InChI is InChI=1S/C24H16BrCl2FN4O5S/c25-15-7-12(1-3-18(15)28)8-22(24(34)35)31-23(33)14-10-16(26)17(27)11-20(14)32-38(36,37)13-2-4-19-21(9-13)30-6-5-29-19/h1-7,9-11,22,32H,8H2,(H,31,33)(H,34,35). The first kappa shape index (κ1) is 27.7. The van der Waals surface area contributed by atoms with Gasteiger partial charge in [0, 0.05) is 18.8 Å². The van der Waals surface area contributed by atoms with E-state index in [1.807, 2.05) is 0 Å². The van der Waals surface area contributed by atoms with E-state index in [1.165, 1.54) is 42.7 Å². The van der Waals surface area contributed by atoms with Gasteiger partial charge in [0.15, 0.2) is 0 Å². The minimum absolute atomic E-state index is 0.0451. The highest BCUT2D eigenvalue weighted by molar-refractivity contribution is 9.10. The van der Waals surface area contributed by atoms with E-state index in [0.717, 1.165) is 18.2 Å². The van der Waals surface area contributed by atoms with Crippen LogP contribution < -0.4 is 10.0 Å². The summed E-state index contributed by atoms with van der Waals surface area (Å²) in [5.41, 5.74) is 0.744. The summed E-state index contributed by atoms with van der Waals surface area (Å²) in [7, 11) is -4.25. The molecule has 196 valence electrons. The van der Waals surface area contributed by atoms with Crippen molar-refractivity contribution < 1.29 is 27.5 Å². The molecule has 1 amide bonds. The minimum Gasteiger partial charge on any atom is -0.480 e. The Kier molecular flexibility index (Phi) is 8.16. The number of carbonyl (C=O) groups is 2. The van der Waals surface area contributed by atoms with E-state index in [4.69, 9.17) is 23.2 Å². The molecule has 1 aromatic heterocycles. The molecule has 0 bridgehead atoms. The molecule has 9 nitrogen and oxygen atoms in total. The molecule has 3 aromatic carbocycles. The number of benzene rings is 3. The van der Waals surface area contributed by atoms with Crippen LogP contribution in [0.5, 0.6) is 0 Å². The number of rotatable bonds is 8. The van der Waals surface area contributed by atoms with E-state index in [-0.39, 0.29) is 37.1 Å². The fourth-order valence-corrected chi connectivity index (χ4v) is 5.32. The van der Waals surface area contributed by atoms with E-state index in [9.17, 15) is 27.5 Å². The summed E-state index contributed by atoms with van der Waals surface area (Å²) in [5.74, 6) is -2.83. The highest BCUT2D eigenvalue weighted by Gasteiger charge is 2.26. The Bertz CT molecular complexity index is 1690. The molecule has 4 aromatic rings. The minimum atomic E-state index is -4.25. The van der Waals surface area contributed by atoms with Crippen molar-refractivity contribution in [2.75, 3.05) is 4.72 Å². The third-order valence-corrected chi connectivity index (χ3v) is 8.02. The van der Waals surface area contributed by atoms with Gasteiger partial charge in [-0.1, -0.05) is 29.3 Å². The van der Waals surface area contributed by atoms with Crippen molar-refractivity contribution in [1.29, 1.82) is 0 Å². The molecule has 0 radical (unpaired) electrons. The number of nitrogens with one attached hydrogen (secondary N) is 2. The second kappa shape index (κ2) is 11.2. The molecule has 0 aliphatic rings. The van der Waals surface area contributed by atoms with Crippen LogP contribution in [0.2, 0.25) is 10.0 Å². The van der Waals surface area contributed by atoms with Crippen LogP contribution in [0.4, 0.5) is 10.1 Å². The van der Waals surface area contributed by atoms with Gasteiger partial charge in [0.25, 0.3) is 15.9 Å². The van der Waals surface area contributed by atoms with E-state index in [0.29, 0.717) is 16.6 Å². The summed E-state index contributed by atoms with van der Waals surface area (Å²) in [5, 5.41) is 11.9. The van der Waals surface area contributed by atoms with E-state index in [1.54, 1.807) is 0 Å². The summed E-state index contributed by atoms with van der Waals surface area (Å²) >= 11 is 15.2. The second-order valence-corrected chi connectivity index (χ2v) is 11.3. The number of hydrogen-bond donors (Lipinski definition) is 3. The first-order valence-electron chi connectivity index (χ1n) is 10.6. The smallest absolute Gasteiger partial charge is 0.326 e. The van der Waals surface area contributed by atoms with Crippen LogP contribution in [-0.4, -0.2) is 41.4 Å². The lowest BCUT2D eigenvalue weighted by Gasteiger charge is -2.18. The van der Waals surface area contributed by atoms with E-state index >= 15 is 0 Å².